The standard InChI is InChI=1S/C17H31ClN2O/c1-2-3-4-15-5-7-16(8-6-15)17(21)20-13-11-19(10-9-18)12-14-20/h15-16H,2-14H2,1H3. The molecule has 3 nitrogen and oxygen atoms in total. The van der Waals surface area contributed by atoms with Crippen LogP contribution in [-0.2, 0) is 4.79 Å². The van der Waals surface area contributed by atoms with Crippen LogP contribution in [-0.4, -0.2) is 54.3 Å². The second-order valence-electron chi connectivity index (χ2n) is 6.72. The third-order valence-electron chi connectivity index (χ3n) is 5.25. The molecule has 0 radical (unpaired) electrons. The Morgan fingerprint density at radius 1 is 1.10 bits per heavy atom. The van der Waals surface area contributed by atoms with Gasteiger partial charge in [-0.05, 0) is 31.6 Å². The predicted molar refractivity (Wildman–Crippen MR) is 88.7 cm³/mol. The van der Waals surface area contributed by atoms with Crippen molar-refractivity contribution in [1.82, 2.24) is 9.80 Å². The van der Waals surface area contributed by atoms with Crippen molar-refractivity contribution in [3.05, 3.63) is 0 Å². The minimum Gasteiger partial charge on any atom is -0.340 e. The molecule has 1 aliphatic carbocycles. The highest BCUT2D eigenvalue weighted by atomic mass is 35.5. The van der Waals surface area contributed by atoms with Crippen LogP contribution < -0.4 is 0 Å². The van der Waals surface area contributed by atoms with E-state index in [2.05, 4.69) is 16.7 Å². The number of rotatable bonds is 6. The molecule has 122 valence electrons. The molecule has 0 atom stereocenters. The molecule has 2 aliphatic rings. The quantitative estimate of drug-likeness (QED) is 0.702. The molecule has 0 N–H and O–H groups in total. The molecule has 1 aliphatic heterocycles. The molecule has 4 heteroatoms. The smallest absolute Gasteiger partial charge is 0.225 e. The summed E-state index contributed by atoms with van der Waals surface area (Å²) < 4.78 is 0. The summed E-state index contributed by atoms with van der Waals surface area (Å²) in [6.45, 7) is 6.98. The fourth-order valence-electron chi connectivity index (χ4n) is 3.76. The van der Waals surface area contributed by atoms with Gasteiger partial charge in [0.1, 0.15) is 0 Å². The van der Waals surface area contributed by atoms with E-state index in [9.17, 15) is 4.79 Å². The van der Waals surface area contributed by atoms with E-state index in [0.717, 1.165) is 51.5 Å². The van der Waals surface area contributed by atoms with Gasteiger partial charge in [0.05, 0.1) is 0 Å². The molecule has 0 aromatic rings. The monoisotopic (exact) mass is 314 g/mol. The second kappa shape index (κ2) is 8.99. The van der Waals surface area contributed by atoms with Gasteiger partial charge in [0.2, 0.25) is 5.91 Å². The fraction of sp³-hybridized carbons (Fsp3) is 0.941. The summed E-state index contributed by atoms with van der Waals surface area (Å²) in [5, 5.41) is 0. The molecule has 1 saturated carbocycles. The molecule has 1 heterocycles. The average Bonchev–Trinajstić information content (AvgIpc) is 2.54. The van der Waals surface area contributed by atoms with Crippen LogP contribution in [0.4, 0.5) is 0 Å². The molecule has 2 rings (SSSR count). The van der Waals surface area contributed by atoms with E-state index >= 15 is 0 Å². The number of amides is 1. The van der Waals surface area contributed by atoms with Gasteiger partial charge in [-0.1, -0.05) is 26.2 Å². The normalized spacial score (nSPS) is 27.8. The highest BCUT2D eigenvalue weighted by Gasteiger charge is 2.30. The Morgan fingerprint density at radius 2 is 1.76 bits per heavy atom. The number of piperazine rings is 1. The van der Waals surface area contributed by atoms with Crippen LogP contribution in [0.5, 0.6) is 0 Å². The number of unbranched alkanes of at least 4 members (excludes halogenated alkanes) is 1. The summed E-state index contributed by atoms with van der Waals surface area (Å²) in [4.78, 5) is 17.1. The average molecular weight is 315 g/mol. The van der Waals surface area contributed by atoms with Crippen LogP contribution in [0.2, 0.25) is 0 Å². The highest BCUT2D eigenvalue weighted by molar-refractivity contribution is 6.18. The molecule has 0 bridgehead atoms. The van der Waals surface area contributed by atoms with Gasteiger partial charge in [-0.3, -0.25) is 9.69 Å². The Bertz CT molecular complexity index is 308. The van der Waals surface area contributed by atoms with E-state index in [0.29, 0.717) is 17.7 Å². The number of nitrogens with zero attached hydrogens (tertiary/aromatic N) is 2. The van der Waals surface area contributed by atoms with E-state index in [1.54, 1.807) is 0 Å². The van der Waals surface area contributed by atoms with Gasteiger partial charge in [0.25, 0.3) is 0 Å². The maximum atomic E-state index is 12.6. The van der Waals surface area contributed by atoms with E-state index in [4.69, 9.17) is 11.6 Å². The Labute approximate surface area is 135 Å². The molecule has 1 amide bonds. The minimum absolute atomic E-state index is 0.308. The number of alkyl halides is 1. The molecule has 2 fully saturated rings. The number of hydrogen-bond acceptors (Lipinski definition) is 2. The molecular weight excluding hydrogens is 284 g/mol. The molecular formula is C17H31ClN2O. The first-order valence-corrected chi connectivity index (χ1v) is 9.35. The van der Waals surface area contributed by atoms with Crippen molar-refractivity contribution >= 4 is 17.5 Å². The predicted octanol–water partition coefficient (Wildman–Crippen LogP) is 3.37. The summed E-state index contributed by atoms with van der Waals surface area (Å²) in [6, 6.07) is 0. The van der Waals surface area contributed by atoms with Crippen molar-refractivity contribution in [2.75, 3.05) is 38.6 Å². The molecule has 0 aromatic carbocycles. The number of carbonyl (C=O) groups excluding carboxylic acids is 1. The first-order chi connectivity index (χ1) is 10.2. The maximum Gasteiger partial charge on any atom is 0.225 e. The van der Waals surface area contributed by atoms with E-state index in [1.807, 2.05) is 0 Å². The minimum atomic E-state index is 0.308. The summed E-state index contributed by atoms with van der Waals surface area (Å²) in [5.41, 5.74) is 0. The zero-order valence-corrected chi connectivity index (χ0v) is 14.3. The van der Waals surface area contributed by atoms with Crippen molar-refractivity contribution in [2.45, 2.75) is 51.9 Å². The second-order valence-corrected chi connectivity index (χ2v) is 7.09. The van der Waals surface area contributed by atoms with Crippen molar-refractivity contribution < 1.29 is 4.79 Å². The Morgan fingerprint density at radius 3 is 2.33 bits per heavy atom. The van der Waals surface area contributed by atoms with Crippen LogP contribution in [0.1, 0.15) is 51.9 Å². The van der Waals surface area contributed by atoms with E-state index in [1.165, 1.54) is 32.1 Å². The zero-order valence-electron chi connectivity index (χ0n) is 13.5. The van der Waals surface area contributed by atoms with Crippen molar-refractivity contribution in [1.29, 1.82) is 0 Å². The van der Waals surface area contributed by atoms with Gasteiger partial charge in [-0.25, -0.2) is 0 Å². The largest absolute Gasteiger partial charge is 0.340 e. The van der Waals surface area contributed by atoms with Crippen molar-refractivity contribution in [3.63, 3.8) is 0 Å². The lowest BCUT2D eigenvalue weighted by Crippen LogP contribution is -2.51. The lowest BCUT2D eigenvalue weighted by Gasteiger charge is -2.37. The third kappa shape index (κ3) is 5.14. The van der Waals surface area contributed by atoms with Gasteiger partial charge in [0.15, 0.2) is 0 Å². The Balaban J connectivity index is 1.70. The number of carbonyl (C=O) groups is 1. The molecule has 0 aromatic heterocycles. The van der Waals surface area contributed by atoms with Gasteiger partial charge >= 0.3 is 0 Å². The van der Waals surface area contributed by atoms with E-state index < -0.39 is 0 Å². The summed E-state index contributed by atoms with van der Waals surface area (Å²) >= 11 is 5.78. The van der Waals surface area contributed by atoms with Crippen LogP contribution in [0, 0.1) is 11.8 Å². The van der Waals surface area contributed by atoms with Gasteiger partial charge < -0.3 is 4.90 Å². The maximum absolute atomic E-state index is 12.6. The third-order valence-corrected chi connectivity index (χ3v) is 5.42. The highest BCUT2D eigenvalue weighted by Crippen LogP contribution is 2.33. The number of halogens is 1. The van der Waals surface area contributed by atoms with Gasteiger partial charge in [0, 0.05) is 44.5 Å². The molecule has 0 unspecified atom stereocenters. The van der Waals surface area contributed by atoms with Crippen LogP contribution in [0.15, 0.2) is 0 Å². The molecule has 1 saturated heterocycles. The molecule has 0 spiro atoms. The SMILES string of the molecule is CCCCC1CCC(C(=O)N2CCN(CCCl)CC2)CC1. The van der Waals surface area contributed by atoms with Crippen LogP contribution >= 0.6 is 11.6 Å². The lowest BCUT2D eigenvalue weighted by atomic mass is 9.79. The Kier molecular flexibility index (Phi) is 7.31. The topological polar surface area (TPSA) is 23.6 Å². The van der Waals surface area contributed by atoms with Crippen LogP contribution in [0.3, 0.4) is 0 Å². The first kappa shape index (κ1) is 17.1. The van der Waals surface area contributed by atoms with Crippen molar-refractivity contribution in [2.24, 2.45) is 11.8 Å². The van der Waals surface area contributed by atoms with Crippen LogP contribution in [0.25, 0.3) is 0 Å². The fourth-order valence-corrected chi connectivity index (χ4v) is 4.00. The number of hydrogen-bond donors (Lipinski definition) is 0. The zero-order chi connectivity index (χ0) is 15.1. The first-order valence-electron chi connectivity index (χ1n) is 8.81. The summed E-state index contributed by atoms with van der Waals surface area (Å²) in [6.07, 6.45) is 8.79. The lowest BCUT2D eigenvalue weighted by molar-refractivity contribution is -0.138. The molecule has 21 heavy (non-hydrogen) atoms. The van der Waals surface area contributed by atoms with E-state index in [-0.39, 0.29) is 0 Å². The summed E-state index contributed by atoms with van der Waals surface area (Å²) in [7, 11) is 0. The van der Waals surface area contributed by atoms with Crippen molar-refractivity contribution in [3.8, 4) is 0 Å². The van der Waals surface area contributed by atoms with Gasteiger partial charge in [-0.2, -0.15) is 0 Å². The summed E-state index contributed by atoms with van der Waals surface area (Å²) in [5.74, 6) is 2.31. The Hall–Kier alpha value is -0.280. The van der Waals surface area contributed by atoms with Gasteiger partial charge in [-0.15, -0.1) is 11.6 Å².